The predicted molar refractivity (Wildman–Crippen MR) is 119 cm³/mol. The highest BCUT2D eigenvalue weighted by Crippen LogP contribution is 2.50. The van der Waals surface area contributed by atoms with Gasteiger partial charge in [0, 0.05) is 0 Å². The van der Waals surface area contributed by atoms with Crippen LogP contribution in [0.4, 0.5) is 0 Å². The quantitative estimate of drug-likeness (QED) is 0.404. The Balaban J connectivity index is 1.91. The van der Waals surface area contributed by atoms with Crippen LogP contribution in [0, 0.1) is 31.6 Å². The molecule has 1 aliphatic rings. The van der Waals surface area contributed by atoms with E-state index < -0.39 is 5.97 Å². The van der Waals surface area contributed by atoms with Crippen LogP contribution in [0.3, 0.4) is 0 Å². The summed E-state index contributed by atoms with van der Waals surface area (Å²) in [5.41, 5.74) is 7.57. The van der Waals surface area contributed by atoms with Crippen LogP contribution < -0.4 is 0 Å². The zero-order chi connectivity index (χ0) is 20.9. The van der Waals surface area contributed by atoms with E-state index in [-0.39, 0.29) is 5.41 Å². The Kier molecular flexibility index (Phi) is 7.76. The van der Waals surface area contributed by atoms with Gasteiger partial charge >= 0.3 is 5.97 Å². The number of unbranched alkanes of at least 4 members (excludes halogenated alkanes) is 3. The van der Waals surface area contributed by atoms with Gasteiger partial charge in [-0.1, -0.05) is 46.1 Å². The third-order valence-electron chi connectivity index (χ3n) is 6.81. The van der Waals surface area contributed by atoms with Crippen molar-refractivity contribution in [2.24, 2.45) is 10.8 Å². The fraction of sp³-hybridized carbons (Fsp3) is 0.731. The second-order valence-electron chi connectivity index (χ2n) is 10.5. The van der Waals surface area contributed by atoms with Crippen molar-refractivity contribution in [3.63, 3.8) is 0 Å². The first-order valence-corrected chi connectivity index (χ1v) is 11.4. The fourth-order valence-corrected chi connectivity index (χ4v) is 4.53. The third-order valence-corrected chi connectivity index (χ3v) is 6.81. The van der Waals surface area contributed by atoms with E-state index >= 15 is 0 Å². The smallest absolute Gasteiger partial charge is 0.309 e. The monoisotopic (exact) mass is 386 g/mol. The molecule has 0 spiro atoms. The van der Waals surface area contributed by atoms with Crippen LogP contribution in [0.25, 0.3) is 0 Å². The van der Waals surface area contributed by atoms with Gasteiger partial charge in [0.1, 0.15) is 0 Å². The molecule has 1 aliphatic carbocycles. The standard InChI is InChI=1S/C26H42O2/c1-19-18-20(2)22(12-9-11-14-25(4,5)6)23(21(19)3)13-8-7-10-15-26(16-17-26)24(27)28/h18H,7-17H2,1-6H3,(H,27,28). The van der Waals surface area contributed by atoms with Crippen LogP contribution in [0.2, 0.25) is 0 Å². The van der Waals surface area contributed by atoms with Crippen LogP contribution in [0.5, 0.6) is 0 Å². The summed E-state index contributed by atoms with van der Waals surface area (Å²) in [4.78, 5) is 11.3. The summed E-state index contributed by atoms with van der Waals surface area (Å²) in [6.07, 6.45) is 12.2. The lowest BCUT2D eigenvalue weighted by Crippen LogP contribution is -2.14. The minimum absolute atomic E-state index is 0.353. The predicted octanol–water partition coefficient (Wildman–Crippen LogP) is 7.34. The highest BCUT2D eigenvalue weighted by Gasteiger charge is 2.49. The molecule has 1 fully saturated rings. The molecule has 0 heterocycles. The summed E-state index contributed by atoms with van der Waals surface area (Å²) >= 11 is 0. The molecular formula is C26H42O2. The largest absolute Gasteiger partial charge is 0.481 e. The highest BCUT2D eigenvalue weighted by molar-refractivity contribution is 5.77. The van der Waals surface area contributed by atoms with Crippen molar-refractivity contribution < 1.29 is 9.90 Å². The topological polar surface area (TPSA) is 37.3 Å². The molecule has 0 radical (unpaired) electrons. The average Bonchev–Trinajstić information content (AvgIpc) is 3.37. The molecule has 1 aromatic carbocycles. The normalized spacial score (nSPS) is 15.6. The van der Waals surface area contributed by atoms with Crippen LogP contribution in [-0.4, -0.2) is 11.1 Å². The van der Waals surface area contributed by atoms with Crippen molar-refractivity contribution in [1.29, 1.82) is 0 Å². The van der Waals surface area contributed by atoms with Gasteiger partial charge in [0.25, 0.3) is 0 Å². The molecule has 0 atom stereocenters. The second kappa shape index (κ2) is 9.46. The molecule has 0 bridgehead atoms. The molecule has 2 heteroatoms. The maximum Gasteiger partial charge on any atom is 0.309 e. The summed E-state index contributed by atoms with van der Waals surface area (Å²) in [5.74, 6) is -0.574. The average molecular weight is 387 g/mol. The summed E-state index contributed by atoms with van der Waals surface area (Å²) in [6, 6.07) is 2.36. The molecule has 0 saturated heterocycles. The number of carbonyl (C=O) groups is 1. The minimum atomic E-state index is -0.574. The van der Waals surface area contributed by atoms with E-state index in [1.54, 1.807) is 11.1 Å². The fourth-order valence-electron chi connectivity index (χ4n) is 4.53. The first kappa shape index (κ1) is 23.0. The molecule has 0 aliphatic heterocycles. The molecule has 1 aromatic rings. The van der Waals surface area contributed by atoms with Gasteiger partial charge in [0.05, 0.1) is 5.41 Å². The molecule has 0 unspecified atom stereocenters. The van der Waals surface area contributed by atoms with Crippen LogP contribution in [0.1, 0.15) is 106 Å². The van der Waals surface area contributed by atoms with E-state index in [2.05, 4.69) is 47.6 Å². The summed E-state index contributed by atoms with van der Waals surface area (Å²) in [5, 5.41) is 9.33. The first-order chi connectivity index (χ1) is 13.1. The lowest BCUT2D eigenvalue weighted by molar-refractivity contribution is -0.143. The van der Waals surface area contributed by atoms with E-state index in [1.807, 2.05) is 0 Å². The SMILES string of the molecule is Cc1cc(C)c(CCCCC(C)(C)C)c(CCCCCC2(C(=O)O)CC2)c1C. The molecule has 1 N–H and O–H groups in total. The Bertz CT molecular complexity index is 675. The van der Waals surface area contributed by atoms with Crippen LogP contribution in [-0.2, 0) is 17.6 Å². The number of carboxylic acids is 1. The Labute approximate surface area is 173 Å². The van der Waals surface area contributed by atoms with E-state index in [9.17, 15) is 9.90 Å². The molecule has 0 amide bonds. The van der Waals surface area contributed by atoms with Gasteiger partial charge in [-0.15, -0.1) is 0 Å². The first-order valence-electron chi connectivity index (χ1n) is 11.4. The number of carboxylic acid groups (broad SMARTS) is 1. The summed E-state index contributed by atoms with van der Waals surface area (Å²) in [6.45, 7) is 13.8. The van der Waals surface area contributed by atoms with E-state index in [4.69, 9.17) is 0 Å². The van der Waals surface area contributed by atoms with Crippen molar-refractivity contribution in [3.8, 4) is 0 Å². The van der Waals surface area contributed by atoms with E-state index in [0.29, 0.717) is 5.41 Å². The Morgan fingerprint density at radius 3 is 2.11 bits per heavy atom. The van der Waals surface area contributed by atoms with Crippen molar-refractivity contribution in [1.82, 2.24) is 0 Å². The van der Waals surface area contributed by atoms with Gasteiger partial charge in [0.2, 0.25) is 0 Å². The molecular weight excluding hydrogens is 344 g/mol. The van der Waals surface area contributed by atoms with Gasteiger partial charge in [-0.05, 0) is 105 Å². The highest BCUT2D eigenvalue weighted by atomic mass is 16.4. The van der Waals surface area contributed by atoms with E-state index in [1.165, 1.54) is 48.8 Å². The Morgan fingerprint density at radius 1 is 0.929 bits per heavy atom. The minimum Gasteiger partial charge on any atom is -0.481 e. The maximum absolute atomic E-state index is 11.3. The number of hydrogen-bond acceptors (Lipinski definition) is 1. The van der Waals surface area contributed by atoms with Crippen LogP contribution in [0.15, 0.2) is 6.07 Å². The van der Waals surface area contributed by atoms with Crippen molar-refractivity contribution in [3.05, 3.63) is 33.9 Å². The van der Waals surface area contributed by atoms with Crippen LogP contribution >= 0.6 is 0 Å². The number of benzene rings is 1. The molecule has 28 heavy (non-hydrogen) atoms. The third kappa shape index (κ3) is 6.36. The molecule has 0 aromatic heterocycles. The molecule has 2 nitrogen and oxygen atoms in total. The molecule has 158 valence electrons. The van der Waals surface area contributed by atoms with Gasteiger partial charge in [0.15, 0.2) is 0 Å². The summed E-state index contributed by atoms with van der Waals surface area (Å²) < 4.78 is 0. The number of hydrogen-bond donors (Lipinski definition) is 1. The van der Waals surface area contributed by atoms with Crippen molar-refractivity contribution in [2.45, 2.75) is 112 Å². The van der Waals surface area contributed by atoms with Crippen molar-refractivity contribution in [2.75, 3.05) is 0 Å². The van der Waals surface area contributed by atoms with Crippen molar-refractivity contribution >= 4 is 5.97 Å². The van der Waals surface area contributed by atoms with Gasteiger partial charge < -0.3 is 5.11 Å². The zero-order valence-corrected chi connectivity index (χ0v) is 19.2. The Hall–Kier alpha value is -1.31. The lowest BCUT2D eigenvalue weighted by Gasteiger charge is -2.20. The Morgan fingerprint density at radius 2 is 1.54 bits per heavy atom. The zero-order valence-electron chi connectivity index (χ0n) is 19.2. The van der Waals surface area contributed by atoms with Gasteiger partial charge in [-0.3, -0.25) is 4.79 Å². The number of aryl methyl sites for hydroxylation is 2. The second-order valence-corrected chi connectivity index (χ2v) is 10.5. The number of aliphatic carboxylic acids is 1. The molecule has 1 saturated carbocycles. The molecule has 2 rings (SSSR count). The van der Waals surface area contributed by atoms with E-state index in [0.717, 1.165) is 38.5 Å². The number of rotatable bonds is 11. The maximum atomic E-state index is 11.3. The summed E-state index contributed by atoms with van der Waals surface area (Å²) in [7, 11) is 0. The lowest BCUT2D eigenvalue weighted by atomic mass is 9.85. The van der Waals surface area contributed by atoms with Gasteiger partial charge in [-0.2, -0.15) is 0 Å². The van der Waals surface area contributed by atoms with Gasteiger partial charge in [-0.25, -0.2) is 0 Å².